The van der Waals surface area contributed by atoms with Gasteiger partial charge in [-0.2, -0.15) is 0 Å². The van der Waals surface area contributed by atoms with Crippen molar-refractivity contribution in [3.8, 4) is 0 Å². The van der Waals surface area contributed by atoms with Crippen molar-refractivity contribution in [2.45, 2.75) is 30.8 Å². The Bertz CT molecular complexity index is 525. The van der Waals surface area contributed by atoms with Crippen molar-refractivity contribution in [2.75, 3.05) is 19.3 Å². The zero-order chi connectivity index (χ0) is 14.0. The molecule has 1 saturated heterocycles. The second kappa shape index (κ2) is 5.61. The summed E-state index contributed by atoms with van der Waals surface area (Å²) >= 11 is 0. The predicted molar refractivity (Wildman–Crippen MR) is 76.6 cm³/mol. The van der Waals surface area contributed by atoms with Crippen LogP contribution in [0.5, 0.6) is 0 Å². The molecule has 106 valence electrons. The van der Waals surface area contributed by atoms with Gasteiger partial charge in [-0.3, -0.25) is 4.90 Å². The Morgan fingerprint density at radius 1 is 1.32 bits per heavy atom. The maximum absolute atomic E-state index is 11.4. The molecule has 2 atom stereocenters. The van der Waals surface area contributed by atoms with E-state index in [0.29, 0.717) is 16.9 Å². The number of sulfone groups is 1. The lowest BCUT2D eigenvalue weighted by Gasteiger charge is -2.35. The van der Waals surface area contributed by atoms with Crippen molar-refractivity contribution >= 4 is 9.84 Å². The lowest BCUT2D eigenvalue weighted by atomic mass is 9.94. The lowest BCUT2D eigenvalue weighted by Crippen LogP contribution is -2.45. The molecule has 0 aromatic heterocycles. The van der Waals surface area contributed by atoms with E-state index < -0.39 is 9.84 Å². The van der Waals surface area contributed by atoms with E-state index in [9.17, 15) is 8.42 Å². The maximum Gasteiger partial charge on any atom is 0.175 e. The van der Waals surface area contributed by atoms with Crippen molar-refractivity contribution in [3.63, 3.8) is 0 Å². The Morgan fingerprint density at radius 2 is 1.95 bits per heavy atom. The summed E-state index contributed by atoms with van der Waals surface area (Å²) in [7, 11) is -3.10. The number of nitrogens with two attached hydrogens (primary N) is 1. The highest BCUT2D eigenvalue weighted by atomic mass is 32.2. The highest BCUT2D eigenvalue weighted by molar-refractivity contribution is 7.90. The normalized spacial score (nSPS) is 25.4. The lowest BCUT2D eigenvalue weighted by molar-refractivity contribution is 0.158. The Morgan fingerprint density at radius 3 is 2.47 bits per heavy atom. The topological polar surface area (TPSA) is 63.4 Å². The van der Waals surface area contributed by atoms with Crippen LogP contribution in [0.25, 0.3) is 0 Å². The number of hydrogen-bond acceptors (Lipinski definition) is 4. The van der Waals surface area contributed by atoms with Crippen LogP contribution < -0.4 is 5.73 Å². The number of piperidine rings is 1. The molecule has 0 amide bonds. The fraction of sp³-hybridized carbons (Fsp3) is 0.571. The molecule has 2 unspecified atom stereocenters. The molecule has 4 nitrogen and oxygen atoms in total. The van der Waals surface area contributed by atoms with E-state index in [1.807, 2.05) is 12.1 Å². The van der Waals surface area contributed by atoms with Gasteiger partial charge in [-0.15, -0.1) is 0 Å². The third-order valence-corrected chi connectivity index (χ3v) is 4.94. The Kier molecular flexibility index (Phi) is 4.28. The number of hydrogen-bond donors (Lipinski definition) is 1. The van der Waals surface area contributed by atoms with Crippen LogP contribution in [-0.2, 0) is 16.4 Å². The van der Waals surface area contributed by atoms with E-state index in [-0.39, 0.29) is 0 Å². The van der Waals surface area contributed by atoms with Crippen molar-refractivity contribution in [2.24, 2.45) is 11.7 Å². The van der Waals surface area contributed by atoms with E-state index >= 15 is 0 Å². The second-order valence-electron chi connectivity index (χ2n) is 5.58. The summed E-state index contributed by atoms with van der Waals surface area (Å²) in [5.41, 5.74) is 7.16. The first-order valence-corrected chi connectivity index (χ1v) is 8.52. The first-order valence-electron chi connectivity index (χ1n) is 6.63. The van der Waals surface area contributed by atoms with Crippen LogP contribution in [0.4, 0.5) is 0 Å². The summed E-state index contributed by atoms with van der Waals surface area (Å²) in [5.74, 6) is 0.518. The minimum absolute atomic E-state index is 0.309. The molecule has 1 fully saturated rings. The standard InChI is InChI=1S/C14H22N2O2S/c1-11-9-16(8-7-14(11)15)10-12-3-5-13(6-4-12)19(2,17)18/h3-6,11,14H,7-10,15H2,1-2H3. The number of benzene rings is 1. The summed E-state index contributed by atoms with van der Waals surface area (Å²) in [6.45, 7) is 5.07. The first-order chi connectivity index (χ1) is 8.86. The maximum atomic E-state index is 11.4. The average molecular weight is 282 g/mol. The third-order valence-electron chi connectivity index (χ3n) is 3.81. The zero-order valence-electron chi connectivity index (χ0n) is 11.5. The monoisotopic (exact) mass is 282 g/mol. The third kappa shape index (κ3) is 3.78. The van der Waals surface area contributed by atoms with Crippen molar-refractivity contribution in [1.82, 2.24) is 4.90 Å². The summed E-state index contributed by atoms with van der Waals surface area (Å²) in [5, 5.41) is 0. The van der Waals surface area contributed by atoms with Crippen LogP contribution in [-0.4, -0.2) is 38.7 Å². The molecule has 0 aliphatic carbocycles. The smallest absolute Gasteiger partial charge is 0.175 e. The first kappa shape index (κ1) is 14.5. The molecule has 1 aliphatic heterocycles. The van der Waals surface area contributed by atoms with Gasteiger partial charge in [0.2, 0.25) is 0 Å². The van der Waals surface area contributed by atoms with Gasteiger partial charge >= 0.3 is 0 Å². The molecule has 0 spiro atoms. The molecule has 2 N–H and O–H groups in total. The molecule has 1 aromatic rings. The molecule has 0 radical (unpaired) electrons. The summed E-state index contributed by atoms with van der Waals surface area (Å²) in [6.07, 6.45) is 2.26. The van der Waals surface area contributed by atoms with Crippen LogP contribution in [0.2, 0.25) is 0 Å². The van der Waals surface area contributed by atoms with Crippen LogP contribution >= 0.6 is 0 Å². The zero-order valence-corrected chi connectivity index (χ0v) is 12.4. The van der Waals surface area contributed by atoms with Crippen LogP contribution in [0.3, 0.4) is 0 Å². The van der Waals surface area contributed by atoms with Crippen molar-refractivity contribution < 1.29 is 8.42 Å². The minimum atomic E-state index is -3.10. The quantitative estimate of drug-likeness (QED) is 0.906. The molecule has 1 aliphatic rings. The second-order valence-corrected chi connectivity index (χ2v) is 7.60. The molecule has 1 heterocycles. The van der Waals surface area contributed by atoms with E-state index in [1.54, 1.807) is 12.1 Å². The number of nitrogens with zero attached hydrogens (tertiary/aromatic N) is 1. The molecule has 0 saturated carbocycles. The summed E-state index contributed by atoms with van der Waals surface area (Å²) in [4.78, 5) is 2.76. The Balaban J connectivity index is 2.00. The number of likely N-dealkylation sites (tertiary alicyclic amines) is 1. The fourth-order valence-corrected chi connectivity index (χ4v) is 3.12. The molecular weight excluding hydrogens is 260 g/mol. The van der Waals surface area contributed by atoms with Gasteiger partial charge in [0.05, 0.1) is 4.90 Å². The van der Waals surface area contributed by atoms with Gasteiger partial charge in [0, 0.05) is 25.4 Å². The highest BCUT2D eigenvalue weighted by Gasteiger charge is 2.22. The Hall–Kier alpha value is -0.910. The van der Waals surface area contributed by atoms with Crippen LogP contribution in [0.15, 0.2) is 29.2 Å². The van der Waals surface area contributed by atoms with E-state index in [0.717, 1.165) is 31.6 Å². The van der Waals surface area contributed by atoms with E-state index in [1.165, 1.54) is 6.26 Å². The molecule has 0 bridgehead atoms. The molecule has 19 heavy (non-hydrogen) atoms. The van der Waals surface area contributed by atoms with Crippen LogP contribution in [0.1, 0.15) is 18.9 Å². The highest BCUT2D eigenvalue weighted by Crippen LogP contribution is 2.18. The van der Waals surface area contributed by atoms with E-state index in [2.05, 4.69) is 11.8 Å². The molecule has 5 heteroatoms. The van der Waals surface area contributed by atoms with Gasteiger partial charge in [0.25, 0.3) is 0 Å². The fourth-order valence-electron chi connectivity index (χ4n) is 2.49. The molecule has 2 rings (SSSR count). The largest absolute Gasteiger partial charge is 0.327 e. The predicted octanol–water partition coefficient (Wildman–Crippen LogP) is 1.26. The van der Waals surface area contributed by atoms with Crippen LogP contribution in [0, 0.1) is 5.92 Å². The van der Waals surface area contributed by atoms with Gasteiger partial charge in [-0.05, 0) is 36.6 Å². The van der Waals surface area contributed by atoms with Gasteiger partial charge in [0.1, 0.15) is 0 Å². The Labute approximate surface area is 115 Å². The summed E-state index contributed by atoms with van der Waals surface area (Å²) < 4.78 is 22.8. The van der Waals surface area contributed by atoms with Crippen molar-refractivity contribution in [1.29, 1.82) is 0 Å². The minimum Gasteiger partial charge on any atom is -0.327 e. The average Bonchev–Trinajstić information content (AvgIpc) is 2.33. The van der Waals surface area contributed by atoms with Gasteiger partial charge in [0.15, 0.2) is 9.84 Å². The SMILES string of the molecule is CC1CN(Cc2ccc(S(C)(=O)=O)cc2)CCC1N. The van der Waals surface area contributed by atoms with E-state index in [4.69, 9.17) is 5.73 Å². The molecular formula is C14H22N2O2S. The number of rotatable bonds is 3. The molecule has 1 aromatic carbocycles. The van der Waals surface area contributed by atoms with Gasteiger partial charge in [-0.25, -0.2) is 8.42 Å². The van der Waals surface area contributed by atoms with Gasteiger partial charge < -0.3 is 5.73 Å². The van der Waals surface area contributed by atoms with Crippen molar-refractivity contribution in [3.05, 3.63) is 29.8 Å². The summed E-state index contributed by atoms with van der Waals surface area (Å²) in [6, 6.07) is 7.47. The van der Waals surface area contributed by atoms with Gasteiger partial charge in [-0.1, -0.05) is 19.1 Å².